The average molecular weight is 362 g/mol. The van der Waals surface area contributed by atoms with E-state index in [-0.39, 0.29) is 19.8 Å². The molecule has 2 unspecified atom stereocenters. The Hall–Kier alpha value is -1.18. The largest absolute Gasteiger partial charge is 0.463 e. The molecule has 25 heavy (non-hydrogen) atoms. The lowest BCUT2D eigenvalue weighted by molar-refractivity contribution is -0.167. The Morgan fingerprint density at radius 2 is 1.28 bits per heavy atom. The topological polar surface area (TPSA) is 113 Å². The maximum absolute atomic E-state index is 11.8. The molecule has 0 saturated heterocycles. The first kappa shape index (κ1) is 23.8. The predicted molar refractivity (Wildman–Crippen MR) is 92.8 cm³/mol. The van der Waals surface area contributed by atoms with Gasteiger partial charge < -0.3 is 24.8 Å². The van der Waals surface area contributed by atoms with Gasteiger partial charge in [0.2, 0.25) is 0 Å². The van der Waals surface area contributed by atoms with Crippen molar-refractivity contribution in [3.8, 4) is 0 Å². The molecule has 0 heterocycles. The molecule has 0 aliphatic heterocycles. The van der Waals surface area contributed by atoms with Gasteiger partial charge in [0.1, 0.15) is 13.2 Å². The van der Waals surface area contributed by atoms with Gasteiger partial charge in [-0.1, -0.05) is 46.5 Å². The van der Waals surface area contributed by atoms with Crippen molar-refractivity contribution in [3.63, 3.8) is 0 Å². The summed E-state index contributed by atoms with van der Waals surface area (Å²) in [4.78, 5) is 23.6. The summed E-state index contributed by atoms with van der Waals surface area (Å²) in [6.07, 6.45) is 1.81. The fourth-order valence-electron chi connectivity index (χ4n) is 2.12. The third-order valence-corrected chi connectivity index (χ3v) is 4.33. The maximum Gasteiger partial charge on any atom is 0.334 e. The highest BCUT2D eigenvalue weighted by atomic mass is 16.6. The number of aliphatic hydroxyl groups is 3. The van der Waals surface area contributed by atoms with E-state index in [9.17, 15) is 24.9 Å². The third kappa shape index (κ3) is 9.18. The van der Waals surface area contributed by atoms with Crippen LogP contribution >= 0.6 is 0 Å². The van der Waals surface area contributed by atoms with Gasteiger partial charge in [0.05, 0.1) is 12.0 Å². The Morgan fingerprint density at radius 3 is 1.56 bits per heavy atom. The molecule has 0 fully saturated rings. The zero-order valence-corrected chi connectivity index (χ0v) is 15.7. The molecule has 0 rings (SSSR count). The van der Waals surface area contributed by atoms with E-state index in [0.717, 1.165) is 12.8 Å². The number of unbranched alkanes of at least 4 members (excludes halogenated alkanes) is 2. The van der Waals surface area contributed by atoms with Crippen molar-refractivity contribution >= 4 is 11.9 Å². The zero-order valence-electron chi connectivity index (χ0n) is 15.7. The fourth-order valence-corrected chi connectivity index (χ4v) is 2.12. The van der Waals surface area contributed by atoms with Crippen LogP contribution < -0.4 is 0 Å². The van der Waals surface area contributed by atoms with Crippen LogP contribution in [0.2, 0.25) is 0 Å². The van der Waals surface area contributed by atoms with Gasteiger partial charge >= 0.3 is 11.9 Å². The molecule has 0 aromatic heterocycles. The first-order chi connectivity index (χ1) is 11.9. The third-order valence-electron chi connectivity index (χ3n) is 4.33. The minimum absolute atomic E-state index is 0.166. The molecule has 7 nitrogen and oxygen atoms in total. The number of esters is 2. The van der Waals surface area contributed by atoms with Crippen LogP contribution in [0.25, 0.3) is 0 Å². The monoisotopic (exact) mass is 362 g/mol. The van der Waals surface area contributed by atoms with Crippen LogP contribution in [0, 0.1) is 5.41 Å². The normalized spacial score (nSPS) is 15.9. The van der Waals surface area contributed by atoms with E-state index in [0.29, 0.717) is 32.1 Å². The Labute approximate surface area is 150 Å². The van der Waals surface area contributed by atoms with Gasteiger partial charge in [-0.3, -0.25) is 0 Å². The van der Waals surface area contributed by atoms with Gasteiger partial charge in [-0.25, -0.2) is 9.59 Å². The Morgan fingerprint density at radius 1 is 0.880 bits per heavy atom. The minimum atomic E-state index is -1.19. The molecule has 0 aromatic carbocycles. The number of aliphatic hydroxyl groups excluding tert-OH is 3. The molecule has 3 N–H and O–H groups in total. The molecule has 0 aliphatic rings. The molecule has 0 bridgehead atoms. The number of carbonyl (C=O) groups excluding carboxylic acids is 2. The van der Waals surface area contributed by atoms with Crippen LogP contribution in [-0.2, 0) is 19.1 Å². The lowest BCUT2D eigenvalue weighted by Gasteiger charge is -2.30. The summed E-state index contributed by atoms with van der Waals surface area (Å²) in [6, 6.07) is 0. The molecule has 7 heteroatoms. The van der Waals surface area contributed by atoms with Gasteiger partial charge in [0.15, 0.2) is 12.2 Å². The number of hydrogen-bond donors (Lipinski definition) is 3. The van der Waals surface area contributed by atoms with Crippen molar-refractivity contribution in [3.05, 3.63) is 0 Å². The Bertz CT molecular complexity index is 348. The molecule has 0 radical (unpaired) electrons. The van der Waals surface area contributed by atoms with Crippen molar-refractivity contribution in [1.29, 1.82) is 0 Å². The molecule has 0 aliphatic carbocycles. The van der Waals surface area contributed by atoms with E-state index in [1.165, 1.54) is 0 Å². The molecule has 2 atom stereocenters. The molecule has 148 valence electrons. The standard InChI is InChI=1S/C18H34O7/c1-4-7-9-14(20)16(22)24-12-18(6-3,11-19)13-25-17(23)15(21)10-8-5-2/h14-15,19-21H,4-13H2,1-3H3. The lowest BCUT2D eigenvalue weighted by atomic mass is 9.88. The molecule has 0 saturated carbocycles. The fraction of sp³-hybridized carbons (Fsp3) is 0.889. The number of carbonyl (C=O) groups is 2. The van der Waals surface area contributed by atoms with Crippen molar-refractivity contribution < 1.29 is 34.4 Å². The van der Waals surface area contributed by atoms with E-state index >= 15 is 0 Å². The SMILES string of the molecule is CCCCC(O)C(=O)OCC(CC)(CO)COC(=O)C(O)CCCC. The van der Waals surface area contributed by atoms with E-state index in [1.54, 1.807) is 6.92 Å². The first-order valence-corrected chi connectivity index (χ1v) is 9.16. The molecule has 0 amide bonds. The second-order valence-electron chi connectivity index (χ2n) is 6.54. The summed E-state index contributed by atoms with van der Waals surface area (Å²) in [5.74, 6) is -1.48. The minimum Gasteiger partial charge on any atom is -0.463 e. The summed E-state index contributed by atoms with van der Waals surface area (Å²) >= 11 is 0. The van der Waals surface area contributed by atoms with Crippen molar-refractivity contribution in [2.24, 2.45) is 5.41 Å². The predicted octanol–water partition coefficient (Wildman–Crippen LogP) is 1.56. The summed E-state index contributed by atoms with van der Waals surface area (Å²) in [7, 11) is 0. The van der Waals surface area contributed by atoms with Crippen LogP contribution in [0.1, 0.15) is 65.7 Å². The smallest absolute Gasteiger partial charge is 0.334 e. The van der Waals surface area contributed by atoms with Crippen molar-refractivity contribution in [2.75, 3.05) is 19.8 Å². The zero-order chi connectivity index (χ0) is 19.3. The second kappa shape index (κ2) is 13.1. The van der Waals surface area contributed by atoms with Gasteiger partial charge in [-0.2, -0.15) is 0 Å². The van der Waals surface area contributed by atoms with Crippen LogP contribution in [0.5, 0.6) is 0 Å². The molecule has 0 spiro atoms. The highest BCUT2D eigenvalue weighted by Gasteiger charge is 2.33. The highest BCUT2D eigenvalue weighted by Crippen LogP contribution is 2.23. The number of hydrogen-bond acceptors (Lipinski definition) is 7. The lowest BCUT2D eigenvalue weighted by Crippen LogP contribution is -2.40. The van der Waals surface area contributed by atoms with E-state index in [1.807, 2.05) is 13.8 Å². The van der Waals surface area contributed by atoms with Gasteiger partial charge in [0, 0.05) is 0 Å². The first-order valence-electron chi connectivity index (χ1n) is 9.16. The Kier molecular flexibility index (Phi) is 12.5. The molecular weight excluding hydrogens is 328 g/mol. The molecule has 0 aromatic rings. The van der Waals surface area contributed by atoms with Gasteiger partial charge in [0.25, 0.3) is 0 Å². The van der Waals surface area contributed by atoms with Gasteiger partial charge in [-0.15, -0.1) is 0 Å². The number of ether oxygens (including phenoxy) is 2. The van der Waals surface area contributed by atoms with Crippen molar-refractivity contribution in [1.82, 2.24) is 0 Å². The van der Waals surface area contributed by atoms with E-state index < -0.39 is 29.6 Å². The summed E-state index contributed by atoms with van der Waals surface area (Å²) < 4.78 is 10.2. The summed E-state index contributed by atoms with van der Waals surface area (Å²) in [5.41, 5.74) is -0.944. The summed E-state index contributed by atoms with van der Waals surface area (Å²) in [6.45, 7) is 5.00. The molecular formula is C18H34O7. The van der Waals surface area contributed by atoms with E-state index in [4.69, 9.17) is 9.47 Å². The second-order valence-corrected chi connectivity index (χ2v) is 6.54. The van der Waals surface area contributed by atoms with Crippen LogP contribution in [-0.4, -0.2) is 59.3 Å². The average Bonchev–Trinajstić information content (AvgIpc) is 2.64. The Balaban J connectivity index is 4.53. The number of rotatable bonds is 14. The van der Waals surface area contributed by atoms with Gasteiger partial charge in [-0.05, 0) is 19.3 Å². The van der Waals surface area contributed by atoms with Crippen LogP contribution in [0.4, 0.5) is 0 Å². The van der Waals surface area contributed by atoms with E-state index in [2.05, 4.69) is 0 Å². The maximum atomic E-state index is 11.8. The summed E-state index contributed by atoms with van der Waals surface area (Å²) in [5, 5.41) is 29.1. The highest BCUT2D eigenvalue weighted by molar-refractivity contribution is 5.74. The quantitative estimate of drug-likeness (QED) is 0.402. The van der Waals surface area contributed by atoms with Crippen LogP contribution in [0.3, 0.4) is 0 Å². The van der Waals surface area contributed by atoms with Crippen molar-refractivity contribution in [2.45, 2.75) is 77.9 Å². The van der Waals surface area contributed by atoms with Crippen LogP contribution in [0.15, 0.2) is 0 Å².